The van der Waals surface area contributed by atoms with Crippen molar-refractivity contribution in [3.8, 4) is 0 Å². The minimum atomic E-state index is 0.918. The van der Waals surface area contributed by atoms with Gasteiger partial charge in [0, 0.05) is 0 Å². The van der Waals surface area contributed by atoms with Gasteiger partial charge in [-0.2, -0.15) is 0 Å². The van der Waals surface area contributed by atoms with Crippen LogP contribution >= 0.6 is 0 Å². The molecule has 68 valence electrons. The van der Waals surface area contributed by atoms with Crippen molar-refractivity contribution in [1.82, 2.24) is 0 Å². The lowest BCUT2D eigenvalue weighted by Gasteiger charge is -2.15. The molecule has 2 saturated carbocycles. The Bertz CT molecular complexity index is 268. The lowest BCUT2D eigenvalue weighted by Crippen LogP contribution is -2.02. The van der Waals surface area contributed by atoms with E-state index in [9.17, 15) is 0 Å². The van der Waals surface area contributed by atoms with Gasteiger partial charge in [0.25, 0.3) is 0 Å². The molecule has 0 nitrogen and oxygen atoms in total. The third-order valence-electron chi connectivity index (χ3n) is 4.02. The molecule has 0 aromatic heterocycles. The molecule has 0 atom stereocenters. The van der Waals surface area contributed by atoms with Crippen molar-refractivity contribution in [2.75, 3.05) is 0 Å². The van der Waals surface area contributed by atoms with Crippen molar-refractivity contribution in [3.05, 3.63) is 35.9 Å². The van der Waals surface area contributed by atoms with Crippen molar-refractivity contribution >= 4 is 0 Å². The highest BCUT2D eigenvalue weighted by Crippen LogP contribution is 2.54. The third kappa shape index (κ3) is 1.12. The molecule has 2 fully saturated rings. The van der Waals surface area contributed by atoms with E-state index in [4.69, 9.17) is 0 Å². The second-order valence-corrected chi connectivity index (χ2v) is 4.61. The summed E-state index contributed by atoms with van der Waals surface area (Å²) < 4.78 is 0. The van der Waals surface area contributed by atoms with Crippen molar-refractivity contribution in [2.24, 2.45) is 11.8 Å². The van der Waals surface area contributed by atoms with E-state index in [-0.39, 0.29) is 0 Å². The minimum absolute atomic E-state index is 0.918. The predicted molar refractivity (Wildman–Crippen MR) is 54.6 cm³/mol. The summed E-state index contributed by atoms with van der Waals surface area (Å²) in [5, 5.41) is 0. The van der Waals surface area contributed by atoms with Gasteiger partial charge >= 0.3 is 0 Å². The van der Waals surface area contributed by atoms with E-state index in [2.05, 4.69) is 30.3 Å². The summed E-state index contributed by atoms with van der Waals surface area (Å²) in [6.07, 6.45) is 5.96. The Balaban J connectivity index is 1.94. The molecule has 2 bridgehead atoms. The minimum Gasteiger partial charge on any atom is -0.0622 e. The molecule has 0 unspecified atom stereocenters. The molecular weight excluding hydrogens is 156 g/mol. The van der Waals surface area contributed by atoms with Crippen molar-refractivity contribution in [1.29, 1.82) is 0 Å². The smallest absolute Gasteiger partial charge is 0.0105 e. The van der Waals surface area contributed by atoms with Crippen LogP contribution in [0, 0.1) is 11.8 Å². The Morgan fingerprint density at radius 2 is 1.31 bits per heavy atom. The monoisotopic (exact) mass is 172 g/mol. The molecule has 2 aliphatic rings. The summed E-state index contributed by atoms with van der Waals surface area (Å²) in [6, 6.07) is 11.1. The molecule has 0 aliphatic heterocycles. The highest BCUT2D eigenvalue weighted by atomic mass is 14.5. The number of fused-ring (bicyclic) bond motifs is 2. The summed E-state index contributed by atoms with van der Waals surface area (Å²) in [5.74, 6) is 2.96. The Labute approximate surface area is 80.0 Å². The van der Waals surface area contributed by atoms with E-state index < -0.39 is 0 Å². The Hall–Kier alpha value is -0.780. The lowest BCUT2D eigenvalue weighted by atomic mass is 9.90. The number of benzene rings is 1. The molecule has 1 aromatic carbocycles. The fraction of sp³-hybridized carbons (Fsp3) is 0.538. The molecule has 0 radical (unpaired) electrons. The highest BCUT2D eigenvalue weighted by molar-refractivity contribution is 5.24. The maximum atomic E-state index is 2.32. The first kappa shape index (κ1) is 7.61. The van der Waals surface area contributed by atoms with Crippen LogP contribution in [0.25, 0.3) is 0 Å². The van der Waals surface area contributed by atoms with E-state index >= 15 is 0 Å². The van der Waals surface area contributed by atoms with Crippen LogP contribution < -0.4 is 0 Å². The van der Waals surface area contributed by atoms with Crippen LogP contribution in [0.1, 0.15) is 37.2 Å². The van der Waals surface area contributed by atoms with Crippen molar-refractivity contribution < 1.29 is 0 Å². The van der Waals surface area contributed by atoms with Gasteiger partial charge in [0.05, 0.1) is 0 Å². The second kappa shape index (κ2) is 2.87. The topological polar surface area (TPSA) is 0 Å². The number of hydrogen-bond acceptors (Lipinski definition) is 0. The summed E-state index contributed by atoms with van der Waals surface area (Å²) in [6.45, 7) is 0. The van der Waals surface area contributed by atoms with E-state index in [1.54, 1.807) is 5.56 Å². The van der Waals surface area contributed by atoms with Gasteiger partial charge in [-0.1, -0.05) is 30.3 Å². The molecular formula is C13H16. The molecule has 13 heavy (non-hydrogen) atoms. The van der Waals surface area contributed by atoms with Crippen LogP contribution in [0.15, 0.2) is 30.3 Å². The maximum Gasteiger partial charge on any atom is -0.0105 e. The normalized spacial score (nSPS) is 36.8. The number of hydrogen-bond donors (Lipinski definition) is 0. The first-order chi connectivity index (χ1) is 6.45. The first-order valence-electron chi connectivity index (χ1n) is 5.50. The van der Waals surface area contributed by atoms with Crippen LogP contribution in [0.5, 0.6) is 0 Å². The van der Waals surface area contributed by atoms with Gasteiger partial charge in [0.1, 0.15) is 0 Å². The van der Waals surface area contributed by atoms with Crippen LogP contribution in [0.3, 0.4) is 0 Å². The van der Waals surface area contributed by atoms with Crippen molar-refractivity contribution in [3.63, 3.8) is 0 Å². The van der Waals surface area contributed by atoms with E-state index in [1.165, 1.54) is 25.7 Å². The van der Waals surface area contributed by atoms with Crippen LogP contribution in [-0.4, -0.2) is 0 Å². The largest absolute Gasteiger partial charge is 0.0622 e. The van der Waals surface area contributed by atoms with Gasteiger partial charge in [-0.3, -0.25) is 0 Å². The van der Waals surface area contributed by atoms with Gasteiger partial charge in [-0.25, -0.2) is 0 Å². The Kier molecular flexibility index (Phi) is 1.68. The third-order valence-corrected chi connectivity index (χ3v) is 4.02. The molecule has 0 amide bonds. The summed E-state index contributed by atoms with van der Waals surface area (Å²) in [7, 11) is 0. The average Bonchev–Trinajstić information content (AvgIpc) is 2.78. The molecule has 0 N–H and O–H groups in total. The van der Waals surface area contributed by atoms with E-state index in [0.29, 0.717) is 0 Å². The van der Waals surface area contributed by atoms with Gasteiger partial charge < -0.3 is 0 Å². The Morgan fingerprint density at radius 1 is 0.769 bits per heavy atom. The standard InChI is InChI=1S/C13H16/c1-2-4-10(5-3-1)13-11-6-7-12(13)9-8-11/h1-5,11-13H,6-9H2. The molecule has 0 heterocycles. The zero-order chi connectivity index (χ0) is 8.67. The van der Waals surface area contributed by atoms with Gasteiger partial charge in [0.2, 0.25) is 0 Å². The highest BCUT2D eigenvalue weighted by Gasteiger charge is 2.41. The van der Waals surface area contributed by atoms with Gasteiger partial charge in [-0.05, 0) is 49.0 Å². The molecule has 1 aromatic rings. The van der Waals surface area contributed by atoms with Gasteiger partial charge in [0.15, 0.2) is 0 Å². The van der Waals surface area contributed by atoms with E-state index in [1.807, 2.05) is 0 Å². The zero-order valence-electron chi connectivity index (χ0n) is 7.95. The fourth-order valence-electron chi connectivity index (χ4n) is 3.47. The summed E-state index contributed by atoms with van der Waals surface area (Å²) in [5.41, 5.74) is 1.60. The van der Waals surface area contributed by atoms with Crippen LogP contribution in [0.2, 0.25) is 0 Å². The summed E-state index contributed by atoms with van der Waals surface area (Å²) in [4.78, 5) is 0. The molecule has 2 aliphatic carbocycles. The maximum absolute atomic E-state index is 2.32. The van der Waals surface area contributed by atoms with E-state index in [0.717, 1.165) is 17.8 Å². The fourth-order valence-corrected chi connectivity index (χ4v) is 3.47. The molecule has 0 spiro atoms. The van der Waals surface area contributed by atoms with Crippen LogP contribution in [0.4, 0.5) is 0 Å². The second-order valence-electron chi connectivity index (χ2n) is 4.61. The summed E-state index contributed by atoms with van der Waals surface area (Å²) >= 11 is 0. The SMILES string of the molecule is c1ccc(C2C3CCC2CC3)cc1. The van der Waals surface area contributed by atoms with Crippen LogP contribution in [-0.2, 0) is 0 Å². The molecule has 0 heteroatoms. The van der Waals surface area contributed by atoms with Crippen molar-refractivity contribution in [2.45, 2.75) is 31.6 Å². The molecule has 3 rings (SSSR count). The number of rotatable bonds is 1. The predicted octanol–water partition coefficient (Wildman–Crippen LogP) is 3.59. The first-order valence-corrected chi connectivity index (χ1v) is 5.50. The Morgan fingerprint density at radius 3 is 1.85 bits per heavy atom. The average molecular weight is 172 g/mol. The van der Waals surface area contributed by atoms with Gasteiger partial charge in [-0.15, -0.1) is 0 Å². The molecule has 0 saturated heterocycles. The zero-order valence-corrected chi connectivity index (χ0v) is 7.95. The quantitative estimate of drug-likeness (QED) is 0.607. The lowest BCUT2D eigenvalue weighted by molar-refractivity contribution is 0.480.